The average molecular weight is 300 g/mol. The van der Waals surface area contributed by atoms with Crippen LogP contribution in [0.4, 0.5) is 5.69 Å². The molecule has 16 heavy (non-hydrogen) atoms. The first-order chi connectivity index (χ1) is 7.74. The van der Waals surface area contributed by atoms with Gasteiger partial charge in [0.25, 0.3) is 0 Å². The molecule has 0 radical (unpaired) electrons. The summed E-state index contributed by atoms with van der Waals surface area (Å²) in [5, 5.41) is 0. The predicted octanol–water partition coefficient (Wildman–Crippen LogP) is 3.30. The molecule has 1 unspecified atom stereocenters. The van der Waals surface area contributed by atoms with E-state index in [1.165, 1.54) is 0 Å². The number of rotatable bonds is 2. The van der Waals surface area contributed by atoms with Crippen LogP contribution in [0.3, 0.4) is 0 Å². The van der Waals surface area contributed by atoms with E-state index >= 15 is 0 Å². The number of thioether (sulfide) groups is 1. The fraction of sp³-hybridized carbons (Fsp3) is 0.417. The first kappa shape index (κ1) is 12.0. The lowest BCUT2D eigenvalue weighted by Gasteiger charge is -2.31. The van der Waals surface area contributed by atoms with Gasteiger partial charge in [0.1, 0.15) is 0 Å². The van der Waals surface area contributed by atoms with Gasteiger partial charge in [-0.05, 0) is 31.2 Å². The summed E-state index contributed by atoms with van der Waals surface area (Å²) in [6, 6.07) is 8.08. The third-order valence-corrected chi connectivity index (χ3v) is 4.38. The molecule has 4 heteroatoms. The van der Waals surface area contributed by atoms with Crippen LogP contribution in [0, 0.1) is 0 Å². The van der Waals surface area contributed by atoms with Crippen molar-refractivity contribution in [1.29, 1.82) is 0 Å². The number of carbonyl (C=O) groups is 1. The van der Waals surface area contributed by atoms with Crippen LogP contribution in [-0.4, -0.2) is 23.5 Å². The molecule has 2 nitrogen and oxygen atoms in total. The number of para-hydroxylation sites is 1. The Hall–Kier alpha value is -0.480. The summed E-state index contributed by atoms with van der Waals surface area (Å²) in [5.74, 6) is 0.188. The van der Waals surface area contributed by atoms with E-state index in [-0.39, 0.29) is 10.7 Å². The second-order valence-corrected chi connectivity index (χ2v) is 5.72. The number of nitrogens with zero attached hydrogens (tertiary/aromatic N) is 1. The van der Waals surface area contributed by atoms with Crippen LogP contribution < -0.4 is 4.90 Å². The van der Waals surface area contributed by atoms with Crippen molar-refractivity contribution in [3.8, 4) is 0 Å². The molecule has 0 bridgehead atoms. The third-order valence-electron chi connectivity index (χ3n) is 2.75. The second-order valence-electron chi connectivity index (χ2n) is 3.77. The van der Waals surface area contributed by atoms with Gasteiger partial charge in [0.2, 0.25) is 5.91 Å². The first-order valence-corrected chi connectivity index (χ1v) is 7.46. The highest BCUT2D eigenvalue weighted by atomic mass is 79.9. The van der Waals surface area contributed by atoms with E-state index in [4.69, 9.17) is 0 Å². The van der Waals surface area contributed by atoms with Gasteiger partial charge >= 0.3 is 0 Å². The molecule has 1 aliphatic heterocycles. The van der Waals surface area contributed by atoms with E-state index in [9.17, 15) is 4.79 Å². The summed E-state index contributed by atoms with van der Waals surface area (Å²) in [4.78, 5) is 15.1. The highest BCUT2D eigenvalue weighted by molar-refractivity contribution is 9.10. The number of halogens is 1. The number of benzene rings is 1. The Morgan fingerprint density at radius 3 is 2.94 bits per heavy atom. The quantitative estimate of drug-likeness (QED) is 0.617. The minimum Gasteiger partial charge on any atom is -0.310 e. The molecule has 1 atom stereocenters. The molecule has 2 rings (SSSR count). The molecule has 86 valence electrons. The number of piperidine rings is 1. The Morgan fingerprint density at radius 2 is 2.19 bits per heavy atom. The van der Waals surface area contributed by atoms with Crippen LogP contribution in [0.15, 0.2) is 29.2 Å². The van der Waals surface area contributed by atoms with Crippen LogP contribution >= 0.6 is 27.7 Å². The summed E-state index contributed by atoms with van der Waals surface area (Å²) >= 11 is 5.12. The van der Waals surface area contributed by atoms with Crippen LogP contribution in [-0.2, 0) is 4.79 Å². The van der Waals surface area contributed by atoms with E-state index in [1.54, 1.807) is 11.8 Å². The van der Waals surface area contributed by atoms with E-state index in [0.717, 1.165) is 30.0 Å². The van der Waals surface area contributed by atoms with Gasteiger partial charge in [0.15, 0.2) is 0 Å². The Labute approximate surface area is 109 Å². The number of hydrogen-bond acceptors (Lipinski definition) is 2. The van der Waals surface area contributed by atoms with Gasteiger partial charge in [0.05, 0.1) is 10.5 Å². The minimum atomic E-state index is -0.0174. The lowest BCUT2D eigenvalue weighted by atomic mass is 10.1. The van der Waals surface area contributed by atoms with Crippen molar-refractivity contribution in [3.63, 3.8) is 0 Å². The van der Waals surface area contributed by atoms with Crippen LogP contribution in [0.5, 0.6) is 0 Å². The summed E-state index contributed by atoms with van der Waals surface area (Å²) < 4.78 is 0. The maximum absolute atomic E-state index is 12.1. The number of carbonyl (C=O) groups excluding carboxylic acids is 1. The maximum Gasteiger partial charge on any atom is 0.240 e. The summed E-state index contributed by atoms with van der Waals surface area (Å²) in [6.45, 7) is 0.832. The van der Waals surface area contributed by atoms with Gasteiger partial charge in [0, 0.05) is 11.4 Å². The van der Waals surface area contributed by atoms with Crippen LogP contribution in [0.1, 0.15) is 12.8 Å². The molecular formula is C12H14BrNOS. The SMILES string of the molecule is CSc1ccccc1N1CCCC(Br)C1=O. The zero-order valence-electron chi connectivity index (χ0n) is 9.15. The monoisotopic (exact) mass is 299 g/mol. The van der Waals surface area contributed by atoms with Crippen molar-refractivity contribution in [3.05, 3.63) is 24.3 Å². The molecule has 0 saturated carbocycles. The summed E-state index contributed by atoms with van der Waals surface area (Å²) in [6.07, 6.45) is 4.04. The smallest absolute Gasteiger partial charge is 0.240 e. The van der Waals surface area contributed by atoms with Crippen molar-refractivity contribution in [2.75, 3.05) is 17.7 Å². The van der Waals surface area contributed by atoms with Gasteiger partial charge in [-0.15, -0.1) is 11.8 Å². The molecule has 1 heterocycles. The highest BCUT2D eigenvalue weighted by Crippen LogP contribution is 2.32. The molecule has 1 saturated heterocycles. The zero-order chi connectivity index (χ0) is 11.5. The van der Waals surface area contributed by atoms with E-state index in [2.05, 4.69) is 22.0 Å². The Bertz CT molecular complexity index is 396. The van der Waals surface area contributed by atoms with Gasteiger partial charge in [-0.2, -0.15) is 0 Å². The van der Waals surface area contributed by atoms with E-state index in [1.807, 2.05) is 29.4 Å². The molecule has 0 aromatic heterocycles. The van der Waals surface area contributed by atoms with Crippen molar-refractivity contribution < 1.29 is 4.79 Å². The Kier molecular flexibility index (Phi) is 3.92. The second kappa shape index (κ2) is 5.23. The normalized spacial score (nSPS) is 21.2. The number of alkyl halides is 1. The highest BCUT2D eigenvalue weighted by Gasteiger charge is 2.28. The zero-order valence-corrected chi connectivity index (χ0v) is 11.6. The lowest BCUT2D eigenvalue weighted by Crippen LogP contribution is -2.42. The van der Waals surface area contributed by atoms with E-state index in [0.29, 0.717) is 0 Å². The predicted molar refractivity (Wildman–Crippen MR) is 72.5 cm³/mol. The maximum atomic E-state index is 12.1. The number of anilines is 1. The van der Waals surface area contributed by atoms with Gasteiger partial charge in [-0.1, -0.05) is 28.1 Å². The molecule has 1 aromatic carbocycles. The molecule has 1 aromatic rings. The minimum absolute atomic E-state index is 0.0174. The molecule has 1 aliphatic rings. The van der Waals surface area contributed by atoms with Gasteiger partial charge in [-0.25, -0.2) is 0 Å². The topological polar surface area (TPSA) is 20.3 Å². The molecule has 1 fully saturated rings. The summed E-state index contributed by atoms with van der Waals surface area (Å²) in [5.41, 5.74) is 1.05. The molecule has 0 aliphatic carbocycles. The van der Waals surface area contributed by atoms with Crippen molar-refractivity contribution in [2.45, 2.75) is 22.6 Å². The van der Waals surface area contributed by atoms with Crippen molar-refractivity contribution in [1.82, 2.24) is 0 Å². The standard InChI is InChI=1S/C12H14BrNOS/c1-16-11-7-3-2-6-10(11)14-8-4-5-9(13)12(14)15/h2-3,6-7,9H,4-5,8H2,1H3. The number of amides is 1. The van der Waals surface area contributed by atoms with E-state index < -0.39 is 0 Å². The van der Waals surface area contributed by atoms with Crippen LogP contribution in [0.25, 0.3) is 0 Å². The molecule has 1 amide bonds. The van der Waals surface area contributed by atoms with Gasteiger partial charge < -0.3 is 4.90 Å². The third kappa shape index (κ3) is 2.28. The van der Waals surface area contributed by atoms with Crippen LogP contribution in [0.2, 0.25) is 0 Å². The average Bonchev–Trinajstić information content (AvgIpc) is 2.33. The van der Waals surface area contributed by atoms with Crippen molar-refractivity contribution >= 4 is 39.3 Å². The van der Waals surface area contributed by atoms with Crippen molar-refractivity contribution in [2.24, 2.45) is 0 Å². The Morgan fingerprint density at radius 1 is 1.44 bits per heavy atom. The molecule has 0 N–H and O–H groups in total. The number of hydrogen-bond donors (Lipinski definition) is 0. The largest absolute Gasteiger partial charge is 0.310 e. The molecule has 0 spiro atoms. The fourth-order valence-corrected chi connectivity index (χ4v) is 3.10. The Balaban J connectivity index is 2.32. The first-order valence-electron chi connectivity index (χ1n) is 5.32. The fourth-order valence-electron chi connectivity index (χ4n) is 1.92. The van der Waals surface area contributed by atoms with Gasteiger partial charge in [-0.3, -0.25) is 4.79 Å². The lowest BCUT2D eigenvalue weighted by molar-refractivity contribution is -0.118. The summed E-state index contributed by atoms with van der Waals surface area (Å²) in [7, 11) is 0. The molecular weight excluding hydrogens is 286 g/mol.